The van der Waals surface area contributed by atoms with E-state index in [4.69, 9.17) is 5.73 Å². The molecule has 1 aliphatic heterocycles. The summed E-state index contributed by atoms with van der Waals surface area (Å²) in [6.45, 7) is 0.545. The van der Waals surface area contributed by atoms with Crippen molar-refractivity contribution in [3.05, 3.63) is 29.8 Å². The van der Waals surface area contributed by atoms with Gasteiger partial charge in [0.15, 0.2) is 0 Å². The Morgan fingerprint density at radius 2 is 2.14 bits per heavy atom. The molecule has 5 heteroatoms. The smallest absolute Gasteiger partial charge is 0.227 e. The van der Waals surface area contributed by atoms with Crippen LogP contribution in [0.5, 0.6) is 0 Å². The first kappa shape index (κ1) is 15.0. The van der Waals surface area contributed by atoms with Crippen LogP contribution < -0.4 is 16.4 Å². The lowest BCUT2D eigenvalue weighted by Gasteiger charge is -2.24. The highest BCUT2D eigenvalue weighted by molar-refractivity contribution is 5.96. The fraction of sp³-hybridized carbons (Fsp3) is 0.529. The minimum Gasteiger partial charge on any atom is -0.355 e. The Bertz CT molecular complexity index is 569. The molecule has 1 saturated carbocycles. The van der Waals surface area contributed by atoms with Gasteiger partial charge in [0, 0.05) is 30.6 Å². The molecule has 0 radical (unpaired) electrons. The molecule has 2 amide bonds. The normalized spacial score (nSPS) is 21.7. The summed E-state index contributed by atoms with van der Waals surface area (Å²) in [5.41, 5.74) is 8.00. The Morgan fingerprint density at radius 3 is 2.91 bits per heavy atom. The molecule has 118 valence electrons. The fourth-order valence-corrected chi connectivity index (χ4v) is 2.96. The highest BCUT2D eigenvalue weighted by Gasteiger charge is 2.29. The van der Waals surface area contributed by atoms with Crippen molar-refractivity contribution >= 4 is 17.5 Å². The Balaban J connectivity index is 1.45. The first-order chi connectivity index (χ1) is 10.6. The van der Waals surface area contributed by atoms with E-state index in [0.29, 0.717) is 31.7 Å². The molecule has 5 nitrogen and oxygen atoms in total. The number of nitrogens with one attached hydrogen (secondary N) is 2. The summed E-state index contributed by atoms with van der Waals surface area (Å²) in [7, 11) is 0. The van der Waals surface area contributed by atoms with Crippen molar-refractivity contribution < 1.29 is 9.59 Å². The molecule has 0 spiro atoms. The van der Waals surface area contributed by atoms with Crippen molar-refractivity contribution in [2.45, 2.75) is 38.1 Å². The number of carbonyl (C=O) groups is 2. The third-order valence-corrected chi connectivity index (χ3v) is 4.59. The lowest BCUT2D eigenvalue weighted by atomic mass is 9.89. The van der Waals surface area contributed by atoms with E-state index in [-0.39, 0.29) is 23.8 Å². The van der Waals surface area contributed by atoms with Crippen LogP contribution in [0.3, 0.4) is 0 Å². The van der Waals surface area contributed by atoms with Gasteiger partial charge in [-0.05, 0) is 43.2 Å². The first-order valence-corrected chi connectivity index (χ1v) is 8.04. The number of hydrogen-bond acceptors (Lipinski definition) is 3. The topological polar surface area (TPSA) is 84.2 Å². The summed E-state index contributed by atoms with van der Waals surface area (Å²) in [5.74, 6) is 0.461. The van der Waals surface area contributed by atoms with Crippen LogP contribution in [-0.2, 0) is 16.0 Å². The second-order valence-electron chi connectivity index (χ2n) is 6.39. The number of amides is 2. The van der Waals surface area contributed by atoms with Crippen molar-refractivity contribution in [2.75, 3.05) is 11.9 Å². The van der Waals surface area contributed by atoms with Crippen LogP contribution in [-0.4, -0.2) is 24.4 Å². The zero-order chi connectivity index (χ0) is 15.5. The number of nitrogens with two attached hydrogens (primary N) is 1. The molecule has 0 saturated heterocycles. The molecule has 3 rings (SSSR count). The third kappa shape index (κ3) is 3.65. The van der Waals surface area contributed by atoms with Gasteiger partial charge in [-0.15, -0.1) is 0 Å². The van der Waals surface area contributed by atoms with Gasteiger partial charge in [0.25, 0.3) is 0 Å². The van der Waals surface area contributed by atoms with Gasteiger partial charge in [-0.1, -0.05) is 18.2 Å². The Morgan fingerprint density at radius 1 is 1.36 bits per heavy atom. The highest BCUT2D eigenvalue weighted by atomic mass is 16.2. The van der Waals surface area contributed by atoms with E-state index in [0.717, 1.165) is 11.3 Å². The molecule has 1 heterocycles. The summed E-state index contributed by atoms with van der Waals surface area (Å²) in [5, 5.41) is 5.80. The van der Waals surface area contributed by atoms with Gasteiger partial charge in [-0.3, -0.25) is 9.59 Å². The molecule has 4 N–H and O–H groups in total. The molecule has 1 fully saturated rings. The first-order valence-electron chi connectivity index (χ1n) is 8.04. The van der Waals surface area contributed by atoms with Gasteiger partial charge in [-0.2, -0.15) is 0 Å². The Labute approximate surface area is 130 Å². The van der Waals surface area contributed by atoms with E-state index in [9.17, 15) is 9.59 Å². The van der Waals surface area contributed by atoms with Crippen LogP contribution in [0.25, 0.3) is 0 Å². The maximum atomic E-state index is 12.1. The van der Waals surface area contributed by atoms with Gasteiger partial charge >= 0.3 is 0 Å². The van der Waals surface area contributed by atoms with E-state index in [1.54, 1.807) is 0 Å². The summed E-state index contributed by atoms with van der Waals surface area (Å²) in [6.07, 6.45) is 4.01. The SMILES string of the molecule is NC(CNC(=O)CCC1Cc2ccccc2NC1=O)C1CC1. The number of fused-ring (bicyclic) bond motifs is 1. The number of carbonyl (C=O) groups excluding carboxylic acids is 2. The van der Waals surface area contributed by atoms with E-state index in [1.165, 1.54) is 12.8 Å². The zero-order valence-electron chi connectivity index (χ0n) is 12.7. The van der Waals surface area contributed by atoms with E-state index in [1.807, 2.05) is 24.3 Å². The number of benzene rings is 1. The predicted octanol–water partition coefficient (Wildman–Crippen LogP) is 1.43. The molecule has 1 aliphatic carbocycles. The lowest BCUT2D eigenvalue weighted by molar-refractivity contribution is -0.122. The van der Waals surface area contributed by atoms with Gasteiger partial charge in [-0.25, -0.2) is 0 Å². The van der Waals surface area contributed by atoms with Crippen LogP contribution in [0.4, 0.5) is 5.69 Å². The Kier molecular flexibility index (Phi) is 4.43. The lowest BCUT2D eigenvalue weighted by Crippen LogP contribution is -2.39. The van der Waals surface area contributed by atoms with Gasteiger partial charge in [0.1, 0.15) is 0 Å². The van der Waals surface area contributed by atoms with Crippen molar-refractivity contribution in [3.8, 4) is 0 Å². The van der Waals surface area contributed by atoms with Crippen LogP contribution in [0.2, 0.25) is 0 Å². The largest absolute Gasteiger partial charge is 0.355 e. The molecular formula is C17H23N3O2. The van der Waals surface area contributed by atoms with Gasteiger partial charge in [0.05, 0.1) is 0 Å². The summed E-state index contributed by atoms with van der Waals surface area (Å²) < 4.78 is 0. The van der Waals surface area contributed by atoms with E-state index >= 15 is 0 Å². The van der Waals surface area contributed by atoms with Crippen LogP contribution in [0, 0.1) is 11.8 Å². The van der Waals surface area contributed by atoms with Crippen molar-refractivity contribution in [1.29, 1.82) is 0 Å². The highest BCUT2D eigenvalue weighted by Crippen LogP contribution is 2.31. The van der Waals surface area contributed by atoms with Crippen molar-refractivity contribution in [3.63, 3.8) is 0 Å². The monoisotopic (exact) mass is 301 g/mol. The molecule has 2 aliphatic rings. The van der Waals surface area contributed by atoms with Crippen LogP contribution in [0.15, 0.2) is 24.3 Å². The van der Waals surface area contributed by atoms with Crippen LogP contribution >= 0.6 is 0 Å². The summed E-state index contributed by atoms with van der Waals surface area (Å²) in [4.78, 5) is 24.0. The molecule has 2 atom stereocenters. The number of anilines is 1. The third-order valence-electron chi connectivity index (χ3n) is 4.59. The minimum absolute atomic E-state index is 0.0113. The van der Waals surface area contributed by atoms with Gasteiger partial charge < -0.3 is 16.4 Å². The van der Waals surface area contributed by atoms with Crippen molar-refractivity contribution in [1.82, 2.24) is 5.32 Å². The number of hydrogen-bond donors (Lipinski definition) is 3. The fourth-order valence-electron chi connectivity index (χ4n) is 2.96. The maximum absolute atomic E-state index is 12.1. The standard InChI is InChI=1S/C17H23N3O2/c18-14(11-5-6-11)10-19-16(21)8-7-13-9-12-3-1-2-4-15(12)20-17(13)22/h1-4,11,13-14H,5-10,18H2,(H,19,21)(H,20,22). The molecule has 1 aromatic carbocycles. The zero-order valence-corrected chi connectivity index (χ0v) is 12.7. The predicted molar refractivity (Wildman–Crippen MR) is 85.2 cm³/mol. The molecule has 0 aromatic heterocycles. The van der Waals surface area contributed by atoms with Gasteiger partial charge in [0.2, 0.25) is 11.8 Å². The Hall–Kier alpha value is -1.88. The molecule has 1 aromatic rings. The molecule has 0 bridgehead atoms. The summed E-state index contributed by atoms with van der Waals surface area (Å²) >= 11 is 0. The number of para-hydroxylation sites is 1. The molecule has 22 heavy (non-hydrogen) atoms. The quantitative estimate of drug-likeness (QED) is 0.743. The maximum Gasteiger partial charge on any atom is 0.227 e. The number of rotatable bonds is 6. The van der Waals surface area contributed by atoms with E-state index in [2.05, 4.69) is 10.6 Å². The minimum atomic E-state index is -0.127. The molecular weight excluding hydrogens is 278 g/mol. The average Bonchev–Trinajstić information content (AvgIpc) is 3.35. The molecule has 2 unspecified atom stereocenters. The van der Waals surface area contributed by atoms with Crippen LogP contribution in [0.1, 0.15) is 31.2 Å². The van der Waals surface area contributed by atoms with Crippen molar-refractivity contribution in [2.24, 2.45) is 17.6 Å². The van der Waals surface area contributed by atoms with E-state index < -0.39 is 0 Å². The second kappa shape index (κ2) is 6.48. The second-order valence-corrected chi connectivity index (χ2v) is 6.39. The average molecular weight is 301 g/mol. The summed E-state index contributed by atoms with van der Waals surface area (Å²) in [6, 6.07) is 7.90.